The number of carbonyl (C=O) groups is 3. The zero-order valence-electron chi connectivity index (χ0n) is 17.5. The second-order valence-corrected chi connectivity index (χ2v) is 8.44. The summed E-state index contributed by atoms with van der Waals surface area (Å²) in [7, 11) is 0. The van der Waals surface area contributed by atoms with E-state index in [-0.39, 0.29) is 12.6 Å². The molecule has 2 aromatic carbocycles. The van der Waals surface area contributed by atoms with Crippen LogP contribution in [0.2, 0.25) is 0 Å². The Hall–Kier alpha value is -3.68. The molecule has 1 aliphatic carbocycles. The normalized spacial score (nSPS) is 20.6. The standard InChI is InChI=1S/C24H22FN3O4/c1-24(20-12-15-6-3-5-9-19(15)32-20)22(30)28(23(31)26-24)14-21(29)27(17-10-11-17)13-16-7-2-4-8-18(16)25/h2-9,12,17H,10-11,13-14H2,1H3,(H,26,31)/t24-/m0/s1. The minimum absolute atomic E-state index is 0.00960. The van der Waals surface area contributed by atoms with E-state index in [0.717, 1.165) is 23.1 Å². The van der Waals surface area contributed by atoms with E-state index in [1.165, 1.54) is 6.07 Å². The number of fused-ring (bicyclic) bond motifs is 1. The zero-order valence-corrected chi connectivity index (χ0v) is 17.5. The van der Waals surface area contributed by atoms with Crippen LogP contribution in [-0.2, 0) is 21.7 Å². The van der Waals surface area contributed by atoms with Gasteiger partial charge in [-0.1, -0.05) is 36.4 Å². The zero-order chi connectivity index (χ0) is 22.5. The van der Waals surface area contributed by atoms with E-state index in [2.05, 4.69) is 5.32 Å². The summed E-state index contributed by atoms with van der Waals surface area (Å²) >= 11 is 0. The molecule has 1 atom stereocenters. The van der Waals surface area contributed by atoms with Gasteiger partial charge in [0.2, 0.25) is 5.91 Å². The third kappa shape index (κ3) is 3.41. The lowest BCUT2D eigenvalue weighted by Crippen LogP contribution is -2.45. The van der Waals surface area contributed by atoms with Crippen LogP contribution in [0, 0.1) is 5.82 Å². The van der Waals surface area contributed by atoms with Crippen LogP contribution >= 0.6 is 0 Å². The first-order valence-corrected chi connectivity index (χ1v) is 10.5. The number of nitrogens with zero attached hydrogens (tertiary/aromatic N) is 2. The summed E-state index contributed by atoms with van der Waals surface area (Å²) < 4.78 is 19.9. The van der Waals surface area contributed by atoms with Gasteiger partial charge in [-0.2, -0.15) is 0 Å². The van der Waals surface area contributed by atoms with E-state index in [1.54, 1.807) is 42.2 Å². The summed E-state index contributed by atoms with van der Waals surface area (Å²) in [6.07, 6.45) is 1.63. The fraction of sp³-hybridized carbons (Fsp3) is 0.292. The lowest BCUT2D eigenvalue weighted by molar-refractivity contribution is -0.139. The summed E-state index contributed by atoms with van der Waals surface area (Å²) in [6.45, 7) is 1.25. The number of urea groups is 1. The quantitative estimate of drug-likeness (QED) is 0.601. The van der Waals surface area contributed by atoms with Gasteiger partial charge in [0.25, 0.3) is 5.91 Å². The van der Waals surface area contributed by atoms with Gasteiger partial charge < -0.3 is 14.6 Å². The van der Waals surface area contributed by atoms with Gasteiger partial charge in [-0.25, -0.2) is 9.18 Å². The van der Waals surface area contributed by atoms with Crippen LogP contribution in [0.25, 0.3) is 11.0 Å². The maximum atomic E-state index is 14.1. The van der Waals surface area contributed by atoms with Crippen molar-refractivity contribution in [2.75, 3.05) is 6.54 Å². The molecule has 7 nitrogen and oxygen atoms in total. The number of amides is 4. The highest BCUT2D eigenvalue weighted by Crippen LogP contribution is 2.34. The van der Waals surface area contributed by atoms with Crippen LogP contribution in [-0.4, -0.2) is 40.2 Å². The van der Waals surface area contributed by atoms with Crippen molar-refractivity contribution in [3.05, 3.63) is 71.7 Å². The Morgan fingerprint density at radius 2 is 1.91 bits per heavy atom. The van der Waals surface area contributed by atoms with Crippen molar-refractivity contribution in [2.45, 2.75) is 37.9 Å². The number of hydrogen-bond donors (Lipinski definition) is 1. The van der Waals surface area contributed by atoms with E-state index >= 15 is 0 Å². The Balaban J connectivity index is 1.36. The highest BCUT2D eigenvalue weighted by atomic mass is 19.1. The number of para-hydroxylation sites is 1. The minimum atomic E-state index is -1.41. The van der Waals surface area contributed by atoms with Crippen LogP contribution in [0.3, 0.4) is 0 Å². The molecule has 0 bridgehead atoms. The first-order valence-electron chi connectivity index (χ1n) is 10.5. The van der Waals surface area contributed by atoms with Gasteiger partial charge in [0.05, 0.1) is 0 Å². The van der Waals surface area contributed by atoms with Gasteiger partial charge in [0, 0.05) is 23.5 Å². The number of halogens is 1. The van der Waals surface area contributed by atoms with Crippen molar-refractivity contribution in [2.24, 2.45) is 0 Å². The third-order valence-corrected chi connectivity index (χ3v) is 6.09. The molecular formula is C24H22FN3O4. The molecule has 3 aromatic rings. The number of hydrogen-bond acceptors (Lipinski definition) is 4. The first kappa shape index (κ1) is 20.2. The molecular weight excluding hydrogens is 413 g/mol. The second kappa shape index (κ2) is 7.47. The number of benzene rings is 2. The van der Waals surface area contributed by atoms with E-state index < -0.39 is 35.7 Å². The molecule has 1 saturated carbocycles. The molecule has 4 amide bonds. The molecule has 1 aromatic heterocycles. The maximum Gasteiger partial charge on any atom is 0.325 e. The highest BCUT2D eigenvalue weighted by molar-refractivity contribution is 6.09. The molecule has 2 fully saturated rings. The maximum absolute atomic E-state index is 14.1. The van der Waals surface area contributed by atoms with Gasteiger partial charge in [-0.3, -0.25) is 14.5 Å². The van der Waals surface area contributed by atoms with Crippen molar-refractivity contribution < 1.29 is 23.2 Å². The Morgan fingerprint density at radius 1 is 1.19 bits per heavy atom. The minimum Gasteiger partial charge on any atom is -0.458 e. The van der Waals surface area contributed by atoms with E-state index in [0.29, 0.717) is 16.9 Å². The molecule has 0 spiro atoms. The predicted octanol–water partition coefficient (Wildman–Crippen LogP) is 3.53. The number of imide groups is 1. The Kier molecular flexibility index (Phi) is 4.73. The molecule has 0 radical (unpaired) electrons. The summed E-state index contributed by atoms with van der Waals surface area (Å²) in [5, 5.41) is 3.48. The number of furan rings is 1. The molecule has 2 heterocycles. The molecule has 1 N–H and O–H groups in total. The van der Waals surface area contributed by atoms with Gasteiger partial charge in [0.1, 0.15) is 23.7 Å². The van der Waals surface area contributed by atoms with Crippen LogP contribution in [0.1, 0.15) is 31.1 Å². The van der Waals surface area contributed by atoms with Crippen LogP contribution in [0.15, 0.2) is 59.0 Å². The second-order valence-electron chi connectivity index (χ2n) is 8.44. The SMILES string of the molecule is C[C@@]1(c2cc3ccccc3o2)NC(=O)N(CC(=O)N(Cc2ccccc2F)C2CC2)C1=O. The fourth-order valence-electron chi connectivity index (χ4n) is 4.08. The molecule has 1 aliphatic heterocycles. The van der Waals surface area contributed by atoms with Crippen LogP contribution in [0.4, 0.5) is 9.18 Å². The van der Waals surface area contributed by atoms with Gasteiger partial charge in [-0.05, 0) is 38.0 Å². The predicted molar refractivity (Wildman–Crippen MR) is 114 cm³/mol. The summed E-state index contributed by atoms with van der Waals surface area (Å²) in [6, 6.07) is 14.6. The summed E-state index contributed by atoms with van der Waals surface area (Å²) in [4.78, 5) is 41.4. The van der Waals surface area contributed by atoms with E-state index in [4.69, 9.17) is 4.42 Å². The van der Waals surface area contributed by atoms with E-state index in [1.807, 2.05) is 18.2 Å². The Morgan fingerprint density at radius 3 is 2.62 bits per heavy atom. The third-order valence-electron chi connectivity index (χ3n) is 6.09. The molecule has 5 rings (SSSR count). The smallest absolute Gasteiger partial charge is 0.325 e. The van der Waals surface area contributed by atoms with Crippen LogP contribution in [0.5, 0.6) is 0 Å². The van der Waals surface area contributed by atoms with Crippen molar-refractivity contribution in [1.29, 1.82) is 0 Å². The highest BCUT2D eigenvalue weighted by Gasteiger charge is 2.52. The van der Waals surface area contributed by atoms with Crippen molar-refractivity contribution in [3.63, 3.8) is 0 Å². The molecule has 32 heavy (non-hydrogen) atoms. The van der Waals surface area contributed by atoms with Crippen molar-refractivity contribution in [3.8, 4) is 0 Å². The van der Waals surface area contributed by atoms with Crippen molar-refractivity contribution in [1.82, 2.24) is 15.1 Å². The molecule has 0 unspecified atom stereocenters. The van der Waals surface area contributed by atoms with Gasteiger partial charge >= 0.3 is 6.03 Å². The summed E-state index contributed by atoms with van der Waals surface area (Å²) in [5.41, 5.74) is -0.408. The van der Waals surface area contributed by atoms with Crippen molar-refractivity contribution >= 4 is 28.8 Å². The average Bonchev–Trinajstić information content (AvgIpc) is 3.47. The monoisotopic (exact) mass is 435 g/mol. The van der Waals surface area contributed by atoms with E-state index in [9.17, 15) is 18.8 Å². The first-order chi connectivity index (χ1) is 15.4. The molecule has 164 valence electrons. The lowest BCUT2D eigenvalue weighted by Gasteiger charge is -2.25. The molecule has 1 saturated heterocycles. The summed E-state index contributed by atoms with van der Waals surface area (Å²) in [5.74, 6) is -1.04. The number of carbonyl (C=O) groups excluding carboxylic acids is 3. The Labute approximate surface area is 183 Å². The lowest BCUT2D eigenvalue weighted by atomic mass is 9.99. The number of nitrogens with one attached hydrogen (secondary N) is 1. The molecule has 2 aliphatic rings. The molecule has 8 heteroatoms. The average molecular weight is 435 g/mol. The van der Waals surface area contributed by atoms with Gasteiger partial charge in [-0.15, -0.1) is 0 Å². The largest absolute Gasteiger partial charge is 0.458 e. The van der Waals surface area contributed by atoms with Crippen LogP contribution < -0.4 is 5.32 Å². The Bertz CT molecular complexity index is 1200. The van der Waals surface area contributed by atoms with Gasteiger partial charge in [0.15, 0.2) is 5.54 Å². The topological polar surface area (TPSA) is 82.9 Å². The number of rotatable bonds is 6. The fourth-order valence-corrected chi connectivity index (χ4v) is 4.08.